The molecule has 2 nitrogen and oxygen atoms in total. The van der Waals surface area contributed by atoms with Crippen molar-refractivity contribution in [3.8, 4) is 5.75 Å². The summed E-state index contributed by atoms with van der Waals surface area (Å²) in [5.41, 5.74) is 1.29. The molecule has 0 heterocycles. The Morgan fingerprint density at radius 2 is 2.00 bits per heavy atom. The fraction of sp³-hybridized carbons (Fsp3) is 0.294. The lowest BCUT2D eigenvalue weighted by atomic mass is 9.88. The van der Waals surface area contributed by atoms with Crippen molar-refractivity contribution in [2.45, 2.75) is 24.9 Å². The minimum absolute atomic E-state index is 0.224. The Bertz CT molecular complexity index is 639. The molecule has 0 aromatic heterocycles. The van der Waals surface area contributed by atoms with Crippen LogP contribution >= 0.6 is 0 Å². The Kier molecular flexibility index (Phi) is 3.22. The summed E-state index contributed by atoms with van der Waals surface area (Å²) in [7, 11) is 1.62. The molecule has 1 N–H and O–H groups in total. The first kappa shape index (κ1) is 13.1. The highest BCUT2D eigenvalue weighted by Gasteiger charge is 2.38. The Morgan fingerprint density at radius 3 is 2.80 bits per heavy atom. The average molecular weight is 272 g/mol. The van der Waals surface area contributed by atoms with E-state index in [0.29, 0.717) is 30.4 Å². The van der Waals surface area contributed by atoms with Gasteiger partial charge in [-0.15, -0.1) is 0 Å². The number of rotatable bonds is 3. The minimum atomic E-state index is -1.01. The Morgan fingerprint density at radius 1 is 1.20 bits per heavy atom. The molecular weight excluding hydrogens is 255 g/mol. The van der Waals surface area contributed by atoms with E-state index in [1.807, 2.05) is 30.3 Å². The molecule has 1 aliphatic carbocycles. The second kappa shape index (κ2) is 4.91. The predicted molar refractivity (Wildman–Crippen MR) is 75.3 cm³/mol. The third kappa shape index (κ3) is 2.08. The summed E-state index contributed by atoms with van der Waals surface area (Å²) in [5.74, 6) is 0.532. The fourth-order valence-electron chi connectivity index (χ4n) is 3.06. The molecule has 0 bridgehead atoms. The number of fused-ring (bicyclic) bond motifs is 1. The highest BCUT2D eigenvalue weighted by atomic mass is 19.1. The van der Waals surface area contributed by atoms with E-state index in [1.165, 1.54) is 6.07 Å². The molecule has 0 aliphatic heterocycles. The molecule has 0 amide bonds. The number of ether oxygens (including phenoxy) is 1. The molecule has 2 aromatic rings. The number of para-hydroxylation sites is 1. The molecule has 0 fully saturated rings. The Labute approximate surface area is 117 Å². The zero-order valence-corrected chi connectivity index (χ0v) is 11.4. The van der Waals surface area contributed by atoms with E-state index >= 15 is 0 Å². The average Bonchev–Trinajstić information content (AvgIpc) is 2.79. The maximum Gasteiger partial charge on any atom is 0.126 e. The van der Waals surface area contributed by atoms with Gasteiger partial charge in [0.25, 0.3) is 0 Å². The molecule has 0 saturated heterocycles. The van der Waals surface area contributed by atoms with Crippen LogP contribution in [0.2, 0.25) is 0 Å². The maximum absolute atomic E-state index is 13.8. The molecular formula is C17H17FO2. The van der Waals surface area contributed by atoms with Gasteiger partial charge in [-0.1, -0.05) is 30.3 Å². The van der Waals surface area contributed by atoms with Crippen LogP contribution in [-0.2, 0) is 18.4 Å². The molecule has 1 atom stereocenters. The molecule has 0 spiro atoms. The van der Waals surface area contributed by atoms with Crippen molar-refractivity contribution in [3.63, 3.8) is 0 Å². The summed E-state index contributed by atoms with van der Waals surface area (Å²) >= 11 is 0. The van der Waals surface area contributed by atoms with Gasteiger partial charge in [0, 0.05) is 6.42 Å². The van der Waals surface area contributed by atoms with Crippen molar-refractivity contribution in [2.24, 2.45) is 0 Å². The first-order chi connectivity index (χ1) is 9.64. The third-order valence-electron chi connectivity index (χ3n) is 4.08. The van der Waals surface area contributed by atoms with E-state index in [9.17, 15) is 9.50 Å². The number of halogens is 1. The summed E-state index contributed by atoms with van der Waals surface area (Å²) in [4.78, 5) is 0. The van der Waals surface area contributed by atoms with Gasteiger partial charge < -0.3 is 9.84 Å². The van der Waals surface area contributed by atoms with Crippen LogP contribution in [0.4, 0.5) is 4.39 Å². The summed E-state index contributed by atoms with van der Waals surface area (Å²) < 4.78 is 19.1. The normalized spacial score (nSPS) is 20.8. The SMILES string of the molecule is COc1ccccc1CC1(O)CCc2c(F)cccc21. The predicted octanol–water partition coefficient (Wildman–Crippen LogP) is 3.21. The van der Waals surface area contributed by atoms with Crippen molar-refractivity contribution in [1.82, 2.24) is 0 Å². The lowest BCUT2D eigenvalue weighted by Gasteiger charge is -2.25. The minimum Gasteiger partial charge on any atom is -0.496 e. The number of hydrogen-bond acceptors (Lipinski definition) is 2. The largest absolute Gasteiger partial charge is 0.496 e. The maximum atomic E-state index is 13.8. The van der Waals surface area contributed by atoms with Crippen LogP contribution in [0.3, 0.4) is 0 Å². The van der Waals surface area contributed by atoms with E-state index in [4.69, 9.17) is 4.74 Å². The zero-order chi connectivity index (χ0) is 14.2. The van der Waals surface area contributed by atoms with Crippen LogP contribution in [0.15, 0.2) is 42.5 Å². The van der Waals surface area contributed by atoms with Gasteiger partial charge in [0.15, 0.2) is 0 Å². The van der Waals surface area contributed by atoms with Gasteiger partial charge in [0.05, 0.1) is 12.7 Å². The Hall–Kier alpha value is -1.87. The summed E-state index contributed by atoms with van der Waals surface area (Å²) in [6.07, 6.45) is 1.56. The summed E-state index contributed by atoms with van der Waals surface area (Å²) in [6, 6.07) is 12.6. The van der Waals surface area contributed by atoms with Crippen molar-refractivity contribution in [2.75, 3.05) is 7.11 Å². The number of aliphatic hydroxyl groups is 1. The quantitative estimate of drug-likeness (QED) is 0.929. The first-order valence-electron chi connectivity index (χ1n) is 6.76. The van der Waals surface area contributed by atoms with Gasteiger partial charge in [-0.3, -0.25) is 0 Å². The van der Waals surface area contributed by atoms with Gasteiger partial charge in [-0.2, -0.15) is 0 Å². The number of benzene rings is 2. The monoisotopic (exact) mass is 272 g/mol. The van der Waals surface area contributed by atoms with Crippen molar-refractivity contribution < 1.29 is 14.2 Å². The van der Waals surface area contributed by atoms with Crippen LogP contribution in [0.25, 0.3) is 0 Å². The molecule has 0 radical (unpaired) electrons. The number of methoxy groups -OCH3 is 1. The second-order valence-electron chi connectivity index (χ2n) is 5.29. The van der Waals surface area contributed by atoms with Gasteiger partial charge in [-0.05, 0) is 41.7 Å². The number of hydrogen-bond donors (Lipinski definition) is 1. The van der Waals surface area contributed by atoms with Crippen LogP contribution in [0.5, 0.6) is 5.75 Å². The lowest BCUT2D eigenvalue weighted by Crippen LogP contribution is -2.25. The molecule has 3 heteroatoms. The van der Waals surface area contributed by atoms with Gasteiger partial charge in [0.1, 0.15) is 11.6 Å². The third-order valence-corrected chi connectivity index (χ3v) is 4.08. The van der Waals surface area contributed by atoms with E-state index in [0.717, 1.165) is 11.3 Å². The second-order valence-corrected chi connectivity index (χ2v) is 5.29. The van der Waals surface area contributed by atoms with E-state index in [-0.39, 0.29) is 5.82 Å². The van der Waals surface area contributed by atoms with Gasteiger partial charge in [0.2, 0.25) is 0 Å². The molecule has 104 valence electrons. The highest BCUT2D eigenvalue weighted by Crippen LogP contribution is 2.41. The van der Waals surface area contributed by atoms with Crippen molar-refractivity contribution in [1.29, 1.82) is 0 Å². The zero-order valence-electron chi connectivity index (χ0n) is 11.4. The van der Waals surface area contributed by atoms with Gasteiger partial charge in [-0.25, -0.2) is 4.39 Å². The van der Waals surface area contributed by atoms with Crippen LogP contribution in [-0.4, -0.2) is 12.2 Å². The molecule has 1 aliphatic rings. The summed E-state index contributed by atoms with van der Waals surface area (Å²) in [6.45, 7) is 0. The van der Waals surface area contributed by atoms with E-state index in [2.05, 4.69) is 0 Å². The van der Waals surface area contributed by atoms with Crippen molar-refractivity contribution in [3.05, 3.63) is 65.0 Å². The first-order valence-corrected chi connectivity index (χ1v) is 6.76. The smallest absolute Gasteiger partial charge is 0.126 e. The molecule has 1 unspecified atom stereocenters. The van der Waals surface area contributed by atoms with E-state index in [1.54, 1.807) is 13.2 Å². The Balaban J connectivity index is 1.98. The standard InChI is InChI=1S/C17H17FO2/c1-20-16-8-3-2-5-12(16)11-17(19)10-9-13-14(17)6-4-7-15(13)18/h2-8,19H,9-11H2,1H3. The molecule has 2 aromatic carbocycles. The van der Waals surface area contributed by atoms with Crippen LogP contribution in [0, 0.1) is 5.82 Å². The van der Waals surface area contributed by atoms with Crippen LogP contribution in [0.1, 0.15) is 23.1 Å². The summed E-state index contributed by atoms with van der Waals surface area (Å²) in [5, 5.41) is 10.9. The van der Waals surface area contributed by atoms with Crippen molar-refractivity contribution >= 4 is 0 Å². The molecule has 0 saturated carbocycles. The van der Waals surface area contributed by atoms with E-state index < -0.39 is 5.60 Å². The lowest BCUT2D eigenvalue weighted by molar-refractivity contribution is 0.0383. The molecule has 20 heavy (non-hydrogen) atoms. The van der Waals surface area contributed by atoms with Crippen LogP contribution < -0.4 is 4.74 Å². The fourth-order valence-corrected chi connectivity index (χ4v) is 3.06. The highest BCUT2D eigenvalue weighted by molar-refractivity contribution is 5.42. The van der Waals surface area contributed by atoms with Gasteiger partial charge >= 0.3 is 0 Å². The molecule has 3 rings (SSSR count). The topological polar surface area (TPSA) is 29.5 Å².